The van der Waals surface area contributed by atoms with Crippen LogP contribution in [0.4, 0.5) is 0 Å². The van der Waals surface area contributed by atoms with Gasteiger partial charge in [-0.2, -0.15) is 4.31 Å². The molecule has 0 aromatic heterocycles. The number of benzene rings is 2. The van der Waals surface area contributed by atoms with Gasteiger partial charge in [0.15, 0.2) is 0 Å². The summed E-state index contributed by atoms with van der Waals surface area (Å²) >= 11 is 0. The fourth-order valence-electron chi connectivity index (χ4n) is 4.07. The molecular formula is C24H33N3O3S. The van der Waals surface area contributed by atoms with Crippen LogP contribution in [0.5, 0.6) is 0 Å². The number of hydrogen-bond acceptors (Lipinski definition) is 4. The molecule has 2 aromatic rings. The highest BCUT2D eigenvalue weighted by Gasteiger charge is 2.37. The third kappa shape index (κ3) is 5.53. The zero-order valence-corrected chi connectivity index (χ0v) is 19.4. The van der Waals surface area contributed by atoms with E-state index in [2.05, 4.69) is 41.4 Å². The first-order valence-electron chi connectivity index (χ1n) is 10.9. The third-order valence-corrected chi connectivity index (χ3v) is 7.89. The molecule has 0 spiro atoms. The molecule has 1 aliphatic rings. The Balaban J connectivity index is 1.73. The zero-order chi connectivity index (χ0) is 22.4. The van der Waals surface area contributed by atoms with Gasteiger partial charge in [-0.15, -0.1) is 0 Å². The predicted molar refractivity (Wildman–Crippen MR) is 123 cm³/mol. The molecule has 0 bridgehead atoms. The van der Waals surface area contributed by atoms with Crippen LogP contribution in [0.1, 0.15) is 43.4 Å². The highest BCUT2D eigenvalue weighted by atomic mass is 32.2. The van der Waals surface area contributed by atoms with Gasteiger partial charge in [-0.3, -0.25) is 4.79 Å². The third-order valence-electron chi connectivity index (χ3n) is 5.97. The fourth-order valence-corrected chi connectivity index (χ4v) is 5.75. The molecule has 3 rings (SSSR count). The van der Waals surface area contributed by atoms with Crippen molar-refractivity contribution in [2.75, 3.05) is 27.2 Å². The molecule has 1 saturated heterocycles. The number of rotatable bonds is 8. The Morgan fingerprint density at radius 1 is 1.10 bits per heavy atom. The molecule has 31 heavy (non-hydrogen) atoms. The van der Waals surface area contributed by atoms with Crippen molar-refractivity contribution in [3.8, 4) is 0 Å². The Morgan fingerprint density at radius 3 is 2.39 bits per heavy atom. The molecule has 0 saturated carbocycles. The number of hydrogen-bond donors (Lipinski definition) is 1. The largest absolute Gasteiger partial charge is 0.353 e. The highest BCUT2D eigenvalue weighted by molar-refractivity contribution is 7.89. The summed E-state index contributed by atoms with van der Waals surface area (Å²) in [6.07, 6.45) is 3.13. The Labute approximate surface area is 186 Å². The van der Waals surface area contributed by atoms with Crippen LogP contribution < -0.4 is 5.32 Å². The molecule has 2 atom stereocenters. The standard InChI is InChI=1S/C24H33N3O3S/c1-4-19-13-15-20(16-14-19)23(26(2)3)18-25-24(28)22-12-8-9-17-27(22)31(29,30)21-10-6-5-7-11-21/h5-7,10-11,13-16,22-23H,4,8-9,12,17-18H2,1-3H3,(H,25,28). The highest BCUT2D eigenvalue weighted by Crippen LogP contribution is 2.26. The molecule has 1 aliphatic heterocycles. The molecule has 2 unspecified atom stereocenters. The second kappa shape index (κ2) is 10.4. The van der Waals surface area contributed by atoms with E-state index in [1.807, 2.05) is 14.1 Å². The van der Waals surface area contributed by atoms with Gasteiger partial charge in [0.2, 0.25) is 15.9 Å². The minimum absolute atomic E-state index is 0.0117. The van der Waals surface area contributed by atoms with E-state index in [1.165, 1.54) is 9.87 Å². The second-order valence-electron chi connectivity index (χ2n) is 8.26. The van der Waals surface area contributed by atoms with Crippen molar-refractivity contribution in [2.45, 2.75) is 49.6 Å². The topological polar surface area (TPSA) is 69.7 Å². The molecule has 2 aromatic carbocycles. The summed E-state index contributed by atoms with van der Waals surface area (Å²) in [6.45, 7) is 2.91. The maximum absolute atomic E-state index is 13.2. The predicted octanol–water partition coefficient (Wildman–Crippen LogP) is 3.21. The Bertz CT molecular complexity index is 959. The van der Waals surface area contributed by atoms with Crippen molar-refractivity contribution in [3.63, 3.8) is 0 Å². The number of carbonyl (C=O) groups is 1. The Morgan fingerprint density at radius 2 is 1.77 bits per heavy atom. The molecule has 6 nitrogen and oxygen atoms in total. The normalized spacial score (nSPS) is 18.6. The number of likely N-dealkylation sites (N-methyl/N-ethyl adjacent to an activating group) is 1. The summed E-state index contributed by atoms with van der Waals surface area (Å²) in [5.74, 6) is -0.226. The lowest BCUT2D eigenvalue weighted by Crippen LogP contribution is -2.52. The van der Waals surface area contributed by atoms with Gasteiger partial charge in [0.25, 0.3) is 0 Å². The van der Waals surface area contributed by atoms with E-state index in [0.717, 1.165) is 24.8 Å². The van der Waals surface area contributed by atoms with E-state index >= 15 is 0 Å². The van der Waals surface area contributed by atoms with E-state index < -0.39 is 16.1 Å². The maximum atomic E-state index is 13.2. The first-order valence-corrected chi connectivity index (χ1v) is 12.4. The summed E-state index contributed by atoms with van der Waals surface area (Å²) < 4.78 is 27.7. The number of amides is 1. The number of aryl methyl sites for hydroxylation is 1. The summed E-state index contributed by atoms with van der Waals surface area (Å²) in [6, 6.07) is 16.1. The van der Waals surface area contributed by atoms with Crippen molar-refractivity contribution in [1.29, 1.82) is 0 Å². The first-order chi connectivity index (χ1) is 14.8. The Kier molecular flexibility index (Phi) is 7.86. The zero-order valence-electron chi connectivity index (χ0n) is 18.6. The molecular weight excluding hydrogens is 410 g/mol. The van der Waals surface area contributed by atoms with Crippen molar-refractivity contribution in [3.05, 3.63) is 65.7 Å². The van der Waals surface area contributed by atoms with Gasteiger partial charge >= 0.3 is 0 Å². The van der Waals surface area contributed by atoms with Crippen molar-refractivity contribution < 1.29 is 13.2 Å². The average molecular weight is 444 g/mol. The van der Waals surface area contributed by atoms with Crippen LogP contribution in [-0.4, -0.2) is 56.8 Å². The minimum Gasteiger partial charge on any atom is -0.353 e. The smallest absolute Gasteiger partial charge is 0.243 e. The monoisotopic (exact) mass is 443 g/mol. The quantitative estimate of drug-likeness (QED) is 0.680. The van der Waals surface area contributed by atoms with Gasteiger partial charge in [0.05, 0.1) is 10.9 Å². The number of carbonyl (C=O) groups excluding carboxylic acids is 1. The van der Waals surface area contributed by atoms with Crippen molar-refractivity contribution >= 4 is 15.9 Å². The lowest BCUT2D eigenvalue weighted by molar-refractivity contribution is -0.125. The van der Waals surface area contributed by atoms with Crippen molar-refractivity contribution in [2.24, 2.45) is 0 Å². The molecule has 1 N–H and O–H groups in total. The number of piperidine rings is 1. The van der Waals surface area contributed by atoms with Gasteiger partial charge < -0.3 is 10.2 Å². The fraction of sp³-hybridized carbons (Fsp3) is 0.458. The second-order valence-corrected chi connectivity index (χ2v) is 10.2. The summed E-state index contributed by atoms with van der Waals surface area (Å²) in [5, 5.41) is 3.03. The minimum atomic E-state index is -3.71. The molecule has 0 radical (unpaired) electrons. The van der Waals surface area contributed by atoms with Gasteiger partial charge in [-0.1, -0.05) is 55.8 Å². The van der Waals surface area contributed by atoms with E-state index in [-0.39, 0.29) is 16.8 Å². The Hall–Kier alpha value is -2.22. The van der Waals surface area contributed by atoms with Crippen LogP contribution in [0.2, 0.25) is 0 Å². The van der Waals surface area contributed by atoms with Crippen LogP contribution in [0.25, 0.3) is 0 Å². The van der Waals surface area contributed by atoms with E-state index in [1.54, 1.807) is 30.3 Å². The van der Waals surface area contributed by atoms with E-state index in [9.17, 15) is 13.2 Å². The summed E-state index contributed by atoms with van der Waals surface area (Å²) in [7, 11) is 0.258. The number of sulfonamides is 1. The van der Waals surface area contributed by atoms with Gasteiger partial charge in [0.1, 0.15) is 6.04 Å². The van der Waals surface area contributed by atoms with Crippen LogP contribution in [0.15, 0.2) is 59.5 Å². The molecule has 1 amide bonds. The van der Waals surface area contributed by atoms with Crippen molar-refractivity contribution in [1.82, 2.24) is 14.5 Å². The molecule has 168 valence electrons. The molecule has 1 heterocycles. The average Bonchev–Trinajstić information content (AvgIpc) is 2.80. The SMILES string of the molecule is CCc1ccc(C(CNC(=O)C2CCCCN2S(=O)(=O)c2ccccc2)N(C)C)cc1. The number of nitrogens with one attached hydrogen (secondary N) is 1. The lowest BCUT2D eigenvalue weighted by Gasteiger charge is -2.34. The van der Waals surface area contributed by atoms with Crippen LogP contribution >= 0.6 is 0 Å². The lowest BCUT2D eigenvalue weighted by atomic mass is 10.0. The van der Waals surface area contributed by atoms with Crippen LogP contribution in [0, 0.1) is 0 Å². The molecule has 0 aliphatic carbocycles. The van der Waals surface area contributed by atoms with Gasteiger partial charge in [-0.25, -0.2) is 8.42 Å². The molecule has 1 fully saturated rings. The number of nitrogens with zero attached hydrogens (tertiary/aromatic N) is 2. The van der Waals surface area contributed by atoms with Gasteiger partial charge in [0, 0.05) is 13.1 Å². The van der Waals surface area contributed by atoms with E-state index in [4.69, 9.17) is 0 Å². The van der Waals surface area contributed by atoms with Crippen LogP contribution in [0.3, 0.4) is 0 Å². The molecule has 7 heteroatoms. The first kappa shape index (κ1) is 23.4. The van der Waals surface area contributed by atoms with Crippen LogP contribution in [-0.2, 0) is 21.2 Å². The summed E-state index contributed by atoms with van der Waals surface area (Å²) in [4.78, 5) is 15.4. The van der Waals surface area contributed by atoms with Gasteiger partial charge in [-0.05, 0) is 56.6 Å². The summed E-state index contributed by atoms with van der Waals surface area (Å²) in [5.41, 5.74) is 2.40. The van der Waals surface area contributed by atoms with E-state index in [0.29, 0.717) is 19.5 Å². The maximum Gasteiger partial charge on any atom is 0.243 e.